The number of piperidine rings is 1. The minimum atomic E-state index is -0.833. The van der Waals surface area contributed by atoms with E-state index in [1.807, 2.05) is 24.3 Å². The van der Waals surface area contributed by atoms with Gasteiger partial charge in [0.05, 0.1) is 5.92 Å². The summed E-state index contributed by atoms with van der Waals surface area (Å²) in [6.07, 6.45) is 2.73. The number of rotatable bonds is 4. The molecule has 0 spiro atoms. The van der Waals surface area contributed by atoms with Gasteiger partial charge in [-0.3, -0.25) is 4.79 Å². The van der Waals surface area contributed by atoms with Gasteiger partial charge >= 0.3 is 5.97 Å². The number of carboxylic acid groups (broad SMARTS) is 1. The minimum Gasteiger partial charge on any atom is -0.480 e. The van der Waals surface area contributed by atoms with E-state index in [1.165, 1.54) is 0 Å². The predicted molar refractivity (Wildman–Crippen MR) is 83.8 cm³/mol. The number of carboxylic acids is 1. The number of nitrogens with zero attached hydrogens (tertiary/aromatic N) is 1. The van der Waals surface area contributed by atoms with Crippen LogP contribution in [-0.4, -0.2) is 28.1 Å². The molecule has 0 amide bonds. The molecule has 0 saturated carbocycles. The number of hydrogen-bond acceptors (Lipinski definition) is 4. The molecule has 1 aliphatic rings. The Labute approximate surface area is 129 Å². The molecule has 2 unspecified atom stereocenters. The quantitative estimate of drug-likeness (QED) is 0.907. The number of hydrogen-bond donors (Lipinski definition) is 2. The number of carbonyl (C=O) groups is 1. The van der Waals surface area contributed by atoms with E-state index in [-0.39, 0.29) is 12.0 Å². The summed E-state index contributed by atoms with van der Waals surface area (Å²) < 4.78 is 5.79. The molecule has 5 heteroatoms. The van der Waals surface area contributed by atoms with Gasteiger partial charge in [0.15, 0.2) is 5.58 Å². The number of nitrogens with one attached hydrogen (secondary N) is 1. The van der Waals surface area contributed by atoms with Crippen LogP contribution in [0.2, 0.25) is 0 Å². The predicted octanol–water partition coefficient (Wildman–Crippen LogP) is 3.16. The Morgan fingerprint density at radius 1 is 1.41 bits per heavy atom. The Kier molecular flexibility index (Phi) is 4.16. The topological polar surface area (TPSA) is 75.4 Å². The fourth-order valence-corrected chi connectivity index (χ4v) is 3.31. The second-order valence-electron chi connectivity index (χ2n) is 6.51. The largest absolute Gasteiger partial charge is 0.480 e. The summed E-state index contributed by atoms with van der Waals surface area (Å²) in [7, 11) is 0. The minimum absolute atomic E-state index is 0.215. The summed E-state index contributed by atoms with van der Waals surface area (Å²) in [6.45, 7) is 4.31. The molecule has 5 nitrogen and oxygen atoms in total. The maximum atomic E-state index is 11.7. The molecule has 118 valence electrons. The molecule has 22 heavy (non-hydrogen) atoms. The maximum Gasteiger partial charge on any atom is 0.321 e. The second-order valence-corrected chi connectivity index (χ2v) is 6.51. The molecule has 1 saturated heterocycles. The van der Waals surface area contributed by atoms with Crippen molar-refractivity contribution in [3.05, 3.63) is 30.2 Å². The summed E-state index contributed by atoms with van der Waals surface area (Å²) >= 11 is 0. The highest BCUT2D eigenvalue weighted by Crippen LogP contribution is 2.33. The van der Waals surface area contributed by atoms with Crippen LogP contribution in [0, 0.1) is 5.92 Å². The highest BCUT2D eigenvalue weighted by Gasteiger charge is 2.38. The van der Waals surface area contributed by atoms with Crippen molar-refractivity contribution in [1.29, 1.82) is 0 Å². The van der Waals surface area contributed by atoms with E-state index in [2.05, 4.69) is 24.1 Å². The first-order chi connectivity index (χ1) is 10.5. The van der Waals surface area contributed by atoms with Crippen molar-refractivity contribution in [3.63, 3.8) is 0 Å². The van der Waals surface area contributed by atoms with Crippen LogP contribution in [0.15, 0.2) is 28.7 Å². The number of para-hydroxylation sites is 2. The van der Waals surface area contributed by atoms with Crippen molar-refractivity contribution in [3.8, 4) is 0 Å². The van der Waals surface area contributed by atoms with Crippen LogP contribution in [0.3, 0.4) is 0 Å². The van der Waals surface area contributed by atoms with Gasteiger partial charge in [0.25, 0.3) is 0 Å². The van der Waals surface area contributed by atoms with Crippen molar-refractivity contribution < 1.29 is 14.3 Å². The molecule has 2 aromatic rings. The van der Waals surface area contributed by atoms with E-state index in [0.29, 0.717) is 17.4 Å². The average Bonchev–Trinajstić information content (AvgIpc) is 2.90. The highest BCUT2D eigenvalue weighted by atomic mass is 16.4. The molecular weight excluding hydrogens is 280 g/mol. The van der Waals surface area contributed by atoms with Crippen LogP contribution in [0.25, 0.3) is 11.1 Å². The van der Waals surface area contributed by atoms with Gasteiger partial charge in [0.2, 0.25) is 5.89 Å². The fourth-order valence-electron chi connectivity index (χ4n) is 3.31. The van der Waals surface area contributed by atoms with Crippen molar-refractivity contribution in [2.45, 2.75) is 51.1 Å². The van der Waals surface area contributed by atoms with Crippen molar-refractivity contribution in [1.82, 2.24) is 10.3 Å². The third-order valence-corrected chi connectivity index (χ3v) is 4.29. The summed E-state index contributed by atoms with van der Waals surface area (Å²) in [5.41, 5.74) is 1.50. The van der Waals surface area contributed by atoms with Gasteiger partial charge < -0.3 is 14.8 Å². The van der Waals surface area contributed by atoms with Gasteiger partial charge in [-0.25, -0.2) is 4.98 Å². The molecular formula is C17H22N2O3. The van der Waals surface area contributed by atoms with Crippen LogP contribution in [0.1, 0.15) is 44.9 Å². The van der Waals surface area contributed by atoms with E-state index in [0.717, 1.165) is 24.8 Å². The van der Waals surface area contributed by atoms with Gasteiger partial charge in [0, 0.05) is 6.04 Å². The summed E-state index contributed by atoms with van der Waals surface area (Å²) in [4.78, 5) is 16.1. The lowest BCUT2D eigenvalue weighted by Gasteiger charge is -2.34. The van der Waals surface area contributed by atoms with E-state index >= 15 is 0 Å². The first-order valence-corrected chi connectivity index (χ1v) is 7.89. The molecule has 1 aromatic carbocycles. The zero-order valence-corrected chi connectivity index (χ0v) is 13.0. The highest BCUT2D eigenvalue weighted by molar-refractivity contribution is 5.76. The molecule has 1 aromatic heterocycles. The van der Waals surface area contributed by atoms with Crippen LogP contribution >= 0.6 is 0 Å². The SMILES string of the molecule is CC(C)CC1CCC(c2nc3ccccc3o2)[C@@H](C(=O)O)N1. The van der Waals surface area contributed by atoms with Gasteiger partial charge in [-0.2, -0.15) is 0 Å². The maximum absolute atomic E-state index is 11.7. The Morgan fingerprint density at radius 2 is 2.18 bits per heavy atom. The van der Waals surface area contributed by atoms with E-state index in [9.17, 15) is 9.90 Å². The Bertz CT molecular complexity index is 632. The lowest BCUT2D eigenvalue weighted by Crippen LogP contribution is -2.51. The van der Waals surface area contributed by atoms with Crippen LogP contribution in [0.4, 0.5) is 0 Å². The monoisotopic (exact) mass is 302 g/mol. The van der Waals surface area contributed by atoms with Gasteiger partial charge in [-0.05, 0) is 37.3 Å². The molecule has 2 N–H and O–H groups in total. The zero-order chi connectivity index (χ0) is 15.7. The number of benzene rings is 1. The second kappa shape index (κ2) is 6.08. The molecule has 0 radical (unpaired) electrons. The molecule has 0 aliphatic carbocycles. The van der Waals surface area contributed by atoms with E-state index in [1.54, 1.807) is 0 Å². The number of oxazole rings is 1. The fraction of sp³-hybridized carbons (Fsp3) is 0.529. The number of fused-ring (bicyclic) bond motifs is 1. The van der Waals surface area contributed by atoms with Crippen LogP contribution in [-0.2, 0) is 4.79 Å². The van der Waals surface area contributed by atoms with Gasteiger partial charge in [-0.1, -0.05) is 26.0 Å². The molecule has 3 atom stereocenters. The molecule has 2 heterocycles. The first-order valence-electron chi connectivity index (χ1n) is 7.89. The Hall–Kier alpha value is -1.88. The first kappa shape index (κ1) is 15.0. The van der Waals surface area contributed by atoms with E-state index in [4.69, 9.17) is 4.42 Å². The lowest BCUT2D eigenvalue weighted by atomic mass is 9.84. The smallest absolute Gasteiger partial charge is 0.321 e. The van der Waals surface area contributed by atoms with Gasteiger partial charge in [0.1, 0.15) is 11.6 Å². The lowest BCUT2D eigenvalue weighted by molar-refractivity contribution is -0.141. The standard InChI is InChI=1S/C17H22N2O3/c1-10(2)9-11-7-8-12(15(18-11)17(20)21)16-19-13-5-3-4-6-14(13)22-16/h3-6,10-12,15,18H,7-9H2,1-2H3,(H,20,21)/t11?,12?,15-/m0/s1. The normalized spacial score (nSPS) is 25.7. The third-order valence-electron chi connectivity index (χ3n) is 4.29. The molecule has 1 aliphatic heterocycles. The summed E-state index contributed by atoms with van der Waals surface area (Å²) in [6, 6.07) is 7.16. The third kappa shape index (κ3) is 2.99. The molecule has 1 fully saturated rings. The summed E-state index contributed by atoms with van der Waals surface area (Å²) in [5, 5.41) is 12.8. The number of aromatic nitrogens is 1. The summed E-state index contributed by atoms with van der Waals surface area (Å²) in [5.74, 6) is 0.0333. The van der Waals surface area contributed by atoms with Crippen LogP contribution in [0.5, 0.6) is 0 Å². The van der Waals surface area contributed by atoms with Crippen molar-refractivity contribution in [2.24, 2.45) is 5.92 Å². The Morgan fingerprint density at radius 3 is 2.86 bits per heavy atom. The van der Waals surface area contributed by atoms with Crippen molar-refractivity contribution in [2.75, 3.05) is 0 Å². The molecule has 3 rings (SSSR count). The zero-order valence-electron chi connectivity index (χ0n) is 13.0. The van der Waals surface area contributed by atoms with Crippen LogP contribution < -0.4 is 5.32 Å². The van der Waals surface area contributed by atoms with E-state index < -0.39 is 12.0 Å². The van der Waals surface area contributed by atoms with Gasteiger partial charge in [-0.15, -0.1) is 0 Å². The average molecular weight is 302 g/mol. The number of aliphatic carboxylic acids is 1. The van der Waals surface area contributed by atoms with Crippen molar-refractivity contribution >= 4 is 17.1 Å². The molecule has 0 bridgehead atoms. The Balaban J connectivity index is 1.84.